The molecule has 0 fully saturated rings. The van der Waals surface area contributed by atoms with Crippen LogP contribution in [0.15, 0.2) is 54.6 Å². The normalized spacial score (nSPS) is 12.0. The molecule has 0 unspecified atom stereocenters. The fraction of sp³-hybridized carbons (Fsp3) is 0.182. The van der Waals surface area contributed by atoms with Crippen LogP contribution in [0.5, 0.6) is 17.2 Å². The molecular formula is C22H21N3O5S. The Morgan fingerprint density at radius 3 is 2.52 bits per heavy atom. The van der Waals surface area contributed by atoms with E-state index in [0.29, 0.717) is 23.8 Å². The summed E-state index contributed by atoms with van der Waals surface area (Å²) in [6.07, 6.45) is 0. The second-order valence-electron chi connectivity index (χ2n) is 6.61. The van der Waals surface area contributed by atoms with E-state index in [4.69, 9.17) is 14.2 Å². The van der Waals surface area contributed by atoms with Crippen molar-refractivity contribution in [1.29, 1.82) is 0 Å². The first-order chi connectivity index (χ1) is 15.1. The molecule has 0 radical (unpaired) electrons. The Kier molecular flexibility index (Phi) is 6.23. The lowest BCUT2D eigenvalue weighted by molar-refractivity contribution is -0.120. The standard InChI is InChI=1S/C22H21N3O5S/c1-28-16-5-3-15(4-6-16)23-13-21(26)24-25-22(27)20-9-8-19(31-20)14-2-7-17-18(12-14)30-11-10-29-17/h2-9,12,23H,10-11,13H2,1H3,(H,24,26)(H,25,27). The lowest BCUT2D eigenvalue weighted by atomic mass is 10.1. The summed E-state index contributed by atoms with van der Waals surface area (Å²) < 4.78 is 16.2. The summed E-state index contributed by atoms with van der Waals surface area (Å²) in [5.74, 6) is 1.39. The second-order valence-corrected chi connectivity index (χ2v) is 7.69. The SMILES string of the molecule is COc1ccc(NCC(=O)NNC(=O)c2ccc(-c3ccc4c(c3)OCCO4)s2)cc1. The number of ether oxygens (including phenoxy) is 3. The third-order valence-corrected chi connectivity index (χ3v) is 5.65. The third kappa shape index (κ3) is 5.07. The molecular weight excluding hydrogens is 418 g/mol. The average molecular weight is 439 g/mol. The number of anilines is 1. The fourth-order valence-corrected chi connectivity index (χ4v) is 3.83. The molecule has 1 aromatic heterocycles. The lowest BCUT2D eigenvalue weighted by Gasteiger charge is -2.18. The molecule has 0 aliphatic carbocycles. The summed E-state index contributed by atoms with van der Waals surface area (Å²) >= 11 is 1.32. The zero-order valence-electron chi connectivity index (χ0n) is 16.8. The summed E-state index contributed by atoms with van der Waals surface area (Å²) in [4.78, 5) is 25.8. The summed E-state index contributed by atoms with van der Waals surface area (Å²) in [7, 11) is 1.59. The molecule has 4 rings (SSSR count). The van der Waals surface area contributed by atoms with E-state index in [1.165, 1.54) is 11.3 Å². The number of thiophene rings is 1. The molecule has 0 bridgehead atoms. The molecule has 9 heteroatoms. The van der Waals surface area contributed by atoms with E-state index in [-0.39, 0.29) is 18.4 Å². The Balaban J connectivity index is 1.29. The number of benzene rings is 2. The maximum atomic E-state index is 12.4. The summed E-state index contributed by atoms with van der Waals surface area (Å²) in [5, 5.41) is 2.97. The highest BCUT2D eigenvalue weighted by atomic mass is 32.1. The Morgan fingerprint density at radius 1 is 0.968 bits per heavy atom. The first-order valence-electron chi connectivity index (χ1n) is 9.59. The van der Waals surface area contributed by atoms with Crippen molar-refractivity contribution in [2.24, 2.45) is 0 Å². The van der Waals surface area contributed by atoms with Crippen LogP contribution < -0.4 is 30.4 Å². The highest BCUT2D eigenvalue weighted by Crippen LogP contribution is 2.36. The molecule has 3 N–H and O–H groups in total. The van der Waals surface area contributed by atoms with Crippen LogP contribution in [0.4, 0.5) is 5.69 Å². The van der Waals surface area contributed by atoms with Gasteiger partial charge in [0.2, 0.25) is 0 Å². The molecule has 160 valence electrons. The zero-order valence-corrected chi connectivity index (χ0v) is 17.6. The van der Waals surface area contributed by atoms with E-state index >= 15 is 0 Å². The van der Waals surface area contributed by atoms with Gasteiger partial charge in [0.25, 0.3) is 11.8 Å². The number of methoxy groups -OCH3 is 1. The molecule has 31 heavy (non-hydrogen) atoms. The van der Waals surface area contributed by atoms with Crippen molar-refractivity contribution in [2.75, 3.05) is 32.2 Å². The number of carbonyl (C=O) groups is 2. The second kappa shape index (κ2) is 9.40. The van der Waals surface area contributed by atoms with Crippen molar-refractivity contribution in [3.8, 4) is 27.7 Å². The van der Waals surface area contributed by atoms with Gasteiger partial charge in [-0.25, -0.2) is 0 Å². The number of carbonyl (C=O) groups excluding carboxylic acids is 2. The number of hydrogen-bond acceptors (Lipinski definition) is 7. The van der Waals surface area contributed by atoms with Gasteiger partial charge in [-0.05, 0) is 60.2 Å². The van der Waals surface area contributed by atoms with Crippen molar-refractivity contribution in [1.82, 2.24) is 10.9 Å². The summed E-state index contributed by atoms with van der Waals surface area (Å²) in [5.41, 5.74) is 6.54. The number of nitrogens with one attached hydrogen (secondary N) is 3. The highest BCUT2D eigenvalue weighted by Gasteiger charge is 2.15. The molecule has 0 spiro atoms. The van der Waals surface area contributed by atoms with Crippen LogP contribution in [0, 0.1) is 0 Å². The molecule has 0 atom stereocenters. The molecule has 2 heterocycles. The van der Waals surface area contributed by atoms with Crippen molar-refractivity contribution < 1.29 is 23.8 Å². The van der Waals surface area contributed by atoms with Crippen molar-refractivity contribution >= 4 is 28.8 Å². The molecule has 2 aromatic carbocycles. The van der Waals surface area contributed by atoms with Crippen LogP contribution in [0.2, 0.25) is 0 Å². The van der Waals surface area contributed by atoms with Gasteiger partial charge in [0.1, 0.15) is 19.0 Å². The average Bonchev–Trinajstić information content (AvgIpc) is 3.31. The van der Waals surface area contributed by atoms with Gasteiger partial charge in [0, 0.05) is 10.6 Å². The van der Waals surface area contributed by atoms with Gasteiger partial charge in [-0.1, -0.05) is 0 Å². The van der Waals surface area contributed by atoms with Gasteiger partial charge < -0.3 is 19.5 Å². The number of hydrazine groups is 1. The number of rotatable bonds is 6. The summed E-state index contributed by atoms with van der Waals surface area (Å²) in [6.45, 7) is 1.07. The van der Waals surface area contributed by atoms with E-state index in [9.17, 15) is 9.59 Å². The molecule has 3 aromatic rings. The van der Waals surface area contributed by atoms with Gasteiger partial charge in [-0.3, -0.25) is 20.4 Å². The van der Waals surface area contributed by atoms with E-state index in [0.717, 1.165) is 27.6 Å². The first-order valence-corrected chi connectivity index (χ1v) is 10.4. The first kappa shape index (κ1) is 20.5. The maximum absolute atomic E-state index is 12.4. The monoisotopic (exact) mass is 439 g/mol. The van der Waals surface area contributed by atoms with E-state index < -0.39 is 0 Å². The lowest BCUT2D eigenvalue weighted by Crippen LogP contribution is -2.43. The van der Waals surface area contributed by atoms with Crippen LogP contribution in [0.25, 0.3) is 10.4 Å². The topological polar surface area (TPSA) is 97.9 Å². The predicted molar refractivity (Wildman–Crippen MR) is 118 cm³/mol. The quantitative estimate of drug-likeness (QED) is 0.511. The van der Waals surface area contributed by atoms with Crippen molar-refractivity contribution in [3.63, 3.8) is 0 Å². The Hall–Kier alpha value is -3.72. The van der Waals surface area contributed by atoms with Crippen LogP contribution >= 0.6 is 11.3 Å². The smallest absolute Gasteiger partial charge is 0.279 e. The van der Waals surface area contributed by atoms with Crippen LogP contribution in [0.1, 0.15) is 9.67 Å². The molecule has 8 nitrogen and oxygen atoms in total. The zero-order chi connectivity index (χ0) is 21.6. The largest absolute Gasteiger partial charge is 0.497 e. The van der Waals surface area contributed by atoms with Gasteiger partial charge in [-0.15, -0.1) is 11.3 Å². The Morgan fingerprint density at radius 2 is 1.74 bits per heavy atom. The van der Waals surface area contributed by atoms with Crippen LogP contribution in [0.3, 0.4) is 0 Å². The van der Waals surface area contributed by atoms with E-state index in [1.807, 2.05) is 24.3 Å². The maximum Gasteiger partial charge on any atom is 0.279 e. The van der Waals surface area contributed by atoms with Crippen molar-refractivity contribution in [2.45, 2.75) is 0 Å². The minimum absolute atomic E-state index is 0.0134. The highest BCUT2D eigenvalue weighted by molar-refractivity contribution is 7.17. The van der Waals surface area contributed by atoms with Gasteiger partial charge in [0.15, 0.2) is 11.5 Å². The van der Waals surface area contributed by atoms with Crippen LogP contribution in [-0.2, 0) is 4.79 Å². The molecule has 1 aliphatic heterocycles. The molecule has 0 saturated carbocycles. The van der Waals surface area contributed by atoms with Crippen molar-refractivity contribution in [3.05, 3.63) is 59.5 Å². The minimum Gasteiger partial charge on any atom is -0.497 e. The third-order valence-electron chi connectivity index (χ3n) is 4.52. The van der Waals surface area contributed by atoms with Gasteiger partial charge >= 0.3 is 0 Å². The minimum atomic E-state index is -0.383. The van der Waals surface area contributed by atoms with Gasteiger partial charge in [-0.2, -0.15) is 0 Å². The van der Waals surface area contributed by atoms with E-state index in [1.54, 1.807) is 37.4 Å². The number of fused-ring (bicyclic) bond motifs is 1. The number of hydrogen-bond donors (Lipinski definition) is 3. The molecule has 1 aliphatic rings. The Bertz CT molecular complexity index is 1080. The fourth-order valence-electron chi connectivity index (χ4n) is 2.94. The summed E-state index contributed by atoms with van der Waals surface area (Å²) in [6, 6.07) is 16.4. The molecule has 2 amide bonds. The van der Waals surface area contributed by atoms with Gasteiger partial charge in [0.05, 0.1) is 18.5 Å². The Labute approximate surface area is 183 Å². The number of amides is 2. The molecule has 0 saturated heterocycles. The van der Waals surface area contributed by atoms with Crippen LogP contribution in [-0.4, -0.2) is 38.7 Å². The van der Waals surface area contributed by atoms with E-state index in [2.05, 4.69) is 16.2 Å². The predicted octanol–water partition coefficient (Wildman–Crippen LogP) is 3.07.